The first-order valence-corrected chi connectivity index (χ1v) is 41.0. The standard InChI is InChI=1S/C16H30.C14H26.C12H22.C11H20.2C6H11F3.C5H12.3C4H10.C3H8.C2H6/c1-13-6-8-16(9-7-13)11-14(2,3)10-15(4,5)12-16;1-12-4-6-14(7-5-12)10-8-13(2,3)9-11-14;1-11-5-9-12(10-6-11)7-3-2-4-8-12;1-10-4-8-11(9-5-10)6-2-3-7-11;2*1-3-5(2)4-6(7,8)9;1-4-5(2)3;2*1-4(2)3;1-3-4-2;1-3-2;1-2/h13H,6-12H2,1-5H3;12H,4-11H2,1-3H3;11H,2-10H2,1H3;10H,2-9H2,1H3;2*5H,3-4H2,1-2H3;5H,4H2,1-3H3;2*4H,1-3H3;3-4H2,1-2H3;3H2,1-2H3;1-2H3/t;;;;2*5-;;;;;;/m....00....../s1. The minimum atomic E-state index is -3.98. The first-order chi connectivity index (χ1) is 42.8. The Balaban J connectivity index is -0.000000484. The second-order valence-corrected chi connectivity index (χ2v) is 37.2. The van der Waals surface area contributed by atoms with Crippen molar-refractivity contribution in [2.24, 2.45) is 91.2 Å². The third kappa shape index (κ3) is 55.0. The summed E-state index contributed by atoms with van der Waals surface area (Å²) in [5.74, 6) is 6.14. The van der Waals surface area contributed by atoms with Gasteiger partial charge in [-0.3, -0.25) is 0 Å². The van der Waals surface area contributed by atoms with Crippen molar-refractivity contribution < 1.29 is 26.3 Å². The van der Waals surface area contributed by atoms with E-state index in [-0.39, 0.29) is 11.8 Å². The van der Waals surface area contributed by atoms with Crippen molar-refractivity contribution in [3.8, 4) is 0 Å². The molecule has 0 aromatic heterocycles. The highest BCUT2D eigenvalue weighted by molar-refractivity contribution is 4.99. The van der Waals surface area contributed by atoms with Gasteiger partial charge in [0, 0.05) is 12.8 Å². The molecule has 6 heteroatoms. The van der Waals surface area contributed by atoms with E-state index in [4.69, 9.17) is 0 Å². The van der Waals surface area contributed by atoms with E-state index in [1.165, 1.54) is 180 Å². The highest BCUT2D eigenvalue weighted by atomic mass is 19.4. The third-order valence-electron chi connectivity index (χ3n) is 22.1. The van der Waals surface area contributed by atoms with Gasteiger partial charge in [0.2, 0.25) is 0 Å². The SMILES string of the molecule is CC.CC(C)C.CC(C)C.CC1CCC2(CC1)CC(C)(C)CC(C)(C)C2.CC1CCC2(CC1)CCC(C)(C)CC2.CC1CCC2(CCCC2)CC1.CC1CCC2(CCCCC2)CC1.CCC.CCC(C)C.CCCC.CC[C@H](C)CC(F)(F)F.CC[C@H](C)CC(F)(F)F. The van der Waals surface area contributed by atoms with Gasteiger partial charge in [0.05, 0.1) is 0 Å². The van der Waals surface area contributed by atoms with E-state index in [9.17, 15) is 26.3 Å². The smallest absolute Gasteiger partial charge is 0.171 e. The summed E-state index contributed by atoms with van der Waals surface area (Å²) in [7, 11) is 0. The predicted molar refractivity (Wildman–Crippen MR) is 410 cm³/mol. The normalized spacial score (nSPS) is 23.0. The predicted octanol–water partition coefficient (Wildman–Crippen LogP) is 33.7. The average molecular weight is 1340 g/mol. The molecule has 0 aromatic rings. The summed E-state index contributed by atoms with van der Waals surface area (Å²) in [4.78, 5) is 0. The molecule has 0 radical (unpaired) electrons. The Bertz CT molecular complexity index is 1550. The fourth-order valence-corrected chi connectivity index (χ4v) is 15.8. The quantitative estimate of drug-likeness (QED) is 0.233. The summed E-state index contributed by atoms with van der Waals surface area (Å²) in [5, 5.41) is 0. The lowest BCUT2D eigenvalue weighted by Crippen LogP contribution is -2.43. The van der Waals surface area contributed by atoms with Crippen molar-refractivity contribution >= 4 is 0 Å². The minimum Gasteiger partial charge on any atom is -0.171 e. The minimum absolute atomic E-state index is 0.231. The summed E-state index contributed by atoms with van der Waals surface area (Å²) < 4.78 is 69.0. The number of unbranched alkanes of at least 4 members (excludes halogenated alkanes) is 1. The maximum absolute atomic E-state index is 11.5. The van der Waals surface area contributed by atoms with Crippen molar-refractivity contribution in [2.75, 3.05) is 0 Å². The number of hydrogen-bond donors (Lipinski definition) is 0. The molecular weight excluding hydrogens is 1160 g/mol. The number of halogens is 6. The van der Waals surface area contributed by atoms with Crippen molar-refractivity contribution in [3.63, 3.8) is 0 Å². The first-order valence-electron chi connectivity index (χ1n) is 41.0. The summed E-state index contributed by atoms with van der Waals surface area (Å²) in [6.07, 6.45) is 45.6. The molecular formula is C87H176F6. The van der Waals surface area contributed by atoms with Crippen molar-refractivity contribution in [3.05, 3.63) is 0 Å². The zero-order chi connectivity index (χ0) is 73.0. The van der Waals surface area contributed by atoms with Crippen LogP contribution in [0.3, 0.4) is 0 Å². The molecule has 8 fully saturated rings. The van der Waals surface area contributed by atoms with Gasteiger partial charge in [-0.25, -0.2) is 0 Å². The maximum atomic E-state index is 11.5. The van der Waals surface area contributed by atoms with Crippen LogP contribution in [0.4, 0.5) is 26.3 Å². The van der Waals surface area contributed by atoms with Crippen LogP contribution in [0, 0.1) is 91.2 Å². The fraction of sp³-hybridized carbons (Fsp3) is 1.00. The van der Waals surface area contributed by atoms with Crippen LogP contribution in [0.1, 0.15) is 458 Å². The molecule has 0 N–H and O–H groups in total. The van der Waals surface area contributed by atoms with E-state index in [2.05, 4.69) is 159 Å². The molecule has 0 aromatic carbocycles. The van der Waals surface area contributed by atoms with Crippen LogP contribution in [0.25, 0.3) is 0 Å². The molecule has 93 heavy (non-hydrogen) atoms. The van der Waals surface area contributed by atoms with Crippen molar-refractivity contribution in [1.29, 1.82) is 0 Å². The highest BCUT2D eigenvalue weighted by Gasteiger charge is 2.48. The molecule has 0 heterocycles. The Morgan fingerprint density at radius 2 is 0.527 bits per heavy atom. The molecule has 4 spiro atoms. The lowest BCUT2D eigenvalue weighted by molar-refractivity contribution is -0.144. The Kier molecular flexibility index (Phi) is 55.0. The Morgan fingerprint density at radius 3 is 0.720 bits per heavy atom. The van der Waals surface area contributed by atoms with Gasteiger partial charge in [0.25, 0.3) is 0 Å². The van der Waals surface area contributed by atoms with E-state index in [0.29, 0.717) is 34.5 Å². The molecule has 8 saturated carbocycles. The lowest BCUT2D eigenvalue weighted by Gasteiger charge is -2.54. The number of alkyl halides is 6. The number of rotatable bonds is 6. The van der Waals surface area contributed by atoms with E-state index in [0.717, 1.165) is 57.7 Å². The maximum Gasteiger partial charge on any atom is 0.389 e. The molecule has 566 valence electrons. The van der Waals surface area contributed by atoms with Crippen LogP contribution in [0.2, 0.25) is 0 Å². The van der Waals surface area contributed by atoms with Crippen molar-refractivity contribution in [2.45, 2.75) is 470 Å². The van der Waals surface area contributed by atoms with E-state index >= 15 is 0 Å². The van der Waals surface area contributed by atoms with Gasteiger partial charge in [-0.2, -0.15) is 26.3 Å². The summed E-state index contributed by atoms with van der Waals surface area (Å²) in [5.41, 5.74) is 4.98. The van der Waals surface area contributed by atoms with Crippen LogP contribution < -0.4 is 0 Å². The molecule has 8 aliphatic rings. The highest BCUT2D eigenvalue weighted by Crippen LogP contribution is 2.60. The van der Waals surface area contributed by atoms with E-state index in [1.807, 2.05) is 13.8 Å². The van der Waals surface area contributed by atoms with Gasteiger partial charge in [-0.15, -0.1) is 0 Å². The first kappa shape index (κ1) is 99.0. The second kappa shape index (κ2) is 51.7. The molecule has 0 amide bonds. The Hall–Kier alpha value is -0.420. The van der Waals surface area contributed by atoms with Gasteiger partial charge >= 0.3 is 12.4 Å². The zero-order valence-electron chi connectivity index (χ0n) is 69.2. The molecule has 8 aliphatic carbocycles. The summed E-state index contributed by atoms with van der Waals surface area (Å²) in [6, 6.07) is 0. The van der Waals surface area contributed by atoms with E-state index in [1.54, 1.807) is 79.1 Å². The molecule has 8 rings (SSSR count). The second-order valence-electron chi connectivity index (χ2n) is 37.2. The summed E-state index contributed by atoms with van der Waals surface area (Å²) >= 11 is 0. The largest absolute Gasteiger partial charge is 0.389 e. The van der Waals surface area contributed by atoms with Crippen LogP contribution in [0.15, 0.2) is 0 Å². The molecule has 0 aliphatic heterocycles. The zero-order valence-corrected chi connectivity index (χ0v) is 69.2. The van der Waals surface area contributed by atoms with Crippen LogP contribution in [0.5, 0.6) is 0 Å². The monoisotopic (exact) mass is 1340 g/mol. The molecule has 0 saturated heterocycles. The van der Waals surface area contributed by atoms with Gasteiger partial charge in [0.1, 0.15) is 0 Å². The third-order valence-corrected chi connectivity index (χ3v) is 22.1. The van der Waals surface area contributed by atoms with Crippen LogP contribution >= 0.6 is 0 Å². The fourth-order valence-electron chi connectivity index (χ4n) is 15.8. The van der Waals surface area contributed by atoms with Crippen molar-refractivity contribution in [1.82, 2.24) is 0 Å². The molecule has 0 unspecified atom stereocenters. The van der Waals surface area contributed by atoms with E-state index < -0.39 is 25.2 Å². The van der Waals surface area contributed by atoms with Gasteiger partial charge in [0.15, 0.2) is 0 Å². The molecule has 2 atom stereocenters. The number of hydrogen-bond acceptors (Lipinski definition) is 0. The Labute approximate surface area is 584 Å². The van der Waals surface area contributed by atoms with Gasteiger partial charge in [-0.05, 0) is 213 Å². The average Bonchev–Trinajstić information content (AvgIpc) is 1.29. The lowest BCUT2D eigenvalue weighted by atomic mass is 9.51. The van der Waals surface area contributed by atoms with Gasteiger partial charge < -0.3 is 0 Å². The Morgan fingerprint density at radius 1 is 0.312 bits per heavy atom. The van der Waals surface area contributed by atoms with Crippen LogP contribution in [-0.2, 0) is 0 Å². The molecule has 0 nitrogen and oxygen atoms in total. The topological polar surface area (TPSA) is 0 Å². The molecule has 0 bridgehead atoms. The van der Waals surface area contributed by atoms with Crippen LogP contribution in [-0.4, -0.2) is 12.4 Å². The van der Waals surface area contributed by atoms with Gasteiger partial charge in [-0.1, -0.05) is 323 Å². The summed E-state index contributed by atoms with van der Waals surface area (Å²) in [6.45, 7) is 63.6.